The van der Waals surface area contributed by atoms with E-state index in [1.807, 2.05) is 18.7 Å². The molecule has 2 unspecified atom stereocenters. The zero-order valence-corrected chi connectivity index (χ0v) is 19.2. The van der Waals surface area contributed by atoms with Gasteiger partial charge in [0.25, 0.3) is 0 Å². The van der Waals surface area contributed by atoms with Crippen molar-refractivity contribution in [1.82, 2.24) is 24.8 Å². The van der Waals surface area contributed by atoms with Crippen molar-refractivity contribution < 1.29 is 22.7 Å². The minimum Gasteiger partial charge on any atom is -0.443 e. The summed E-state index contributed by atoms with van der Waals surface area (Å²) in [6.07, 6.45) is 0.391. The number of halogens is 3. The van der Waals surface area contributed by atoms with E-state index in [-0.39, 0.29) is 42.1 Å². The van der Waals surface area contributed by atoms with E-state index in [9.17, 15) is 18.0 Å². The van der Waals surface area contributed by atoms with E-state index < -0.39 is 12.7 Å². The summed E-state index contributed by atoms with van der Waals surface area (Å²) in [6, 6.07) is 1.79. The van der Waals surface area contributed by atoms with Crippen LogP contribution < -0.4 is 16.0 Å². The number of nitrogens with one attached hydrogen (secondary N) is 3. The molecule has 0 aromatic carbocycles. The molecule has 2 aromatic heterocycles. The number of ether oxygens (including phenoxy) is 1. The Morgan fingerprint density at radius 3 is 2.56 bits per heavy atom. The van der Waals surface area contributed by atoms with Gasteiger partial charge in [-0.15, -0.1) is 0 Å². The molecule has 0 aliphatic carbocycles. The number of alkyl halides is 3. The van der Waals surface area contributed by atoms with Crippen molar-refractivity contribution in [3.63, 3.8) is 0 Å². The van der Waals surface area contributed by atoms with Crippen LogP contribution in [0.25, 0.3) is 5.65 Å². The minimum absolute atomic E-state index is 0.0505. The lowest BCUT2D eigenvalue weighted by Gasteiger charge is -2.40. The number of aromatic nitrogens is 3. The van der Waals surface area contributed by atoms with Crippen molar-refractivity contribution in [3.05, 3.63) is 17.8 Å². The summed E-state index contributed by atoms with van der Waals surface area (Å²) >= 11 is 0. The van der Waals surface area contributed by atoms with Crippen LogP contribution in [0.15, 0.2) is 12.3 Å². The lowest BCUT2D eigenvalue weighted by atomic mass is 9.97. The number of fused-ring (bicyclic) bond motifs is 3. The third kappa shape index (κ3) is 4.59. The van der Waals surface area contributed by atoms with Crippen LogP contribution in [0.2, 0.25) is 0 Å². The maximum Gasteiger partial charge on any atom is 0.410 e. The quantitative estimate of drug-likeness (QED) is 0.583. The van der Waals surface area contributed by atoms with Crippen LogP contribution >= 0.6 is 0 Å². The Hall–Kier alpha value is -2.76. The minimum atomic E-state index is -4.35. The molecule has 3 aliphatic heterocycles. The Balaban J connectivity index is 1.34. The average Bonchev–Trinajstić information content (AvgIpc) is 3.28. The predicted octanol–water partition coefficient (Wildman–Crippen LogP) is 3.34. The molecule has 2 atom stereocenters. The topological polar surface area (TPSA) is 95.8 Å². The first kappa shape index (κ1) is 23.0. The number of anilines is 2. The normalized spacial score (nSPS) is 25.0. The first-order valence-electron chi connectivity index (χ1n) is 11.8. The van der Waals surface area contributed by atoms with Gasteiger partial charge in [0.05, 0.1) is 6.20 Å². The maximum absolute atomic E-state index is 12.8. The Bertz CT molecular complexity index is 1040. The highest BCUT2D eigenvalue weighted by atomic mass is 19.4. The largest absolute Gasteiger partial charge is 0.443 e. The zero-order valence-electron chi connectivity index (χ0n) is 19.2. The maximum atomic E-state index is 12.8. The smallest absolute Gasteiger partial charge is 0.410 e. The van der Waals surface area contributed by atoms with Gasteiger partial charge in [0.15, 0.2) is 5.65 Å². The number of hydrogen-bond acceptors (Lipinski definition) is 7. The second-order valence-electron chi connectivity index (χ2n) is 9.75. The number of hydrogen-bond donors (Lipinski definition) is 3. The van der Waals surface area contributed by atoms with Crippen LogP contribution in [-0.2, 0) is 4.74 Å². The van der Waals surface area contributed by atoms with Gasteiger partial charge in [-0.05, 0) is 31.6 Å². The highest BCUT2D eigenvalue weighted by Gasteiger charge is 2.45. The highest BCUT2D eigenvalue weighted by molar-refractivity contribution is 5.70. The predicted molar refractivity (Wildman–Crippen MR) is 120 cm³/mol. The third-order valence-corrected chi connectivity index (χ3v) is 6.90. The van der Waals surface area contributed by atoms with Crippen LogP contribution in [0.1, 0.15) is 51.0 Å². The summed E-state index contributed by atoms with van der Waals surface area (Å²) in [6.45, 7) is 4.22. The molecule has 5 heterocycles. The molecule has 0 saturated carbocycles. The van der Waals surface area contributed by atoms with Crippen LogP contribution in [-0.4, -0.2) is 75.6 Å². The molecular weight excluding hydrogens is 451 g/mol. The van der Waals surface area contributed by atoms with E-state index >= 15 is 0 Å². The Kier molecular flexibility index (Phi) is 5.95. The summed E-state index contributed by atoms with van der Waals surface area (Å²) in [7, 11) is 0. The van der Waals surface area contributed by atoms with E-state index in [0.29, 0.717) is 24.6 Å². The molecule has 12 heteroatoms. The summed E-state index contributed by atoms with van der Waals surface area (Å²) in [5.74, 6) is 0.849. The van der Waals surface area contributed by atoms with E-state index in [0.717, 1.165) is 31.2 Å². The fourth-order valence-corrected chi connectivity index (χ4v) is 5.12. The number of carbonyl (C=O) groups is 1. The van der Waals surface area contributed by atoms with Gasteiger partial charge in [0.1, 0.15) is 24.3 Å². The summed E-state index contributed by atoms with van der Waals surface area (Å²) in [4.78, 5) is 19.0. The van der Waals surface area contributed by atoms with Crippen molar-refractivity contribution in [2.24, 2.45) is 0 Å². The van der Waals surface area contributed by atoms with Gasteiger partial charge in [0, 0.05) is 42.8 Å². The van der Waals surface area contributed by atoms with Crippen molar-refractivity contribution in [2.45, 2.75) is 75.9 Å². The number of amides is 1. The number of carbonyl (C=O) groups excluding carboxylic acids is 1. The lowest BCUT2D eigenvalue weighted by Crippen LogP contribution is -2.55. The monoisotopic (exact) mass is 481 g/mol. The molecule has 2 aromatic rings. The molecule has 0 radical (unpaired) electrons. The van der Waals surface area contributed by atoms with Gasteiger partial charge >= 0.3 is 12.3 Å². The van der Waals surface area contributed by atoms with Crippen molar-refractivity contribution in [3.8, 4) is 0 Å². The highest BCUT2D eigenvalue weighted by Crippen LogP contribution is 2.38. The van der Waals surface area contributed by atoms with Gasteiger partial charge in [-0.1, -0.05) is 13.8 Å². The van der Waals surface area contributed by atoms with Gasteiger partial charge in [-0.25, -0.2) is 9.78 Å². The molecule has 9 nitrogen and oxygen atoms in total. The molecule has 186 valence electrons. The second kappa shape index (κ2) is 8.79. The molecule has 3 saturated heterocycles. The van der Waals surface area contributed by atoms with Gasteiger partial charge in [-0.3, -0.25) is 0 Å². The van der Waals surface area contributed by atoms with Gasteiger partial charge in [-0.2, -0.15) is 22.8 Å². The van der Waals surface area contributed by atoms with Gasteiger partial charge in [0.2, 0.25) is 0 Å². The molecule has 2 bridgehead atoms. The van der Waals surface area contributed by atoms with Crippen molar-refractivity contribution in [2.75, 3.05) is 30.3 Å². The summed E-state index contributed by atoms with van der Waals surface area (Å²) in [5.41, 5.74) is 1.39. The Morgan fingerprint density at radius 2 is 1.97 bits per heavy atom. The number of nitrogens with zero attached hydrogens (tertiary/aromatic N) is 4. The van der Waals surface area contributed by atoms with Crippen LogP contribution in [0.4, 0.5) is 29.6 Å². The van der Waals surface area contributed by atoms with Crippen LogP contribution in [0.3, 0.4) is 0 Å². The molecule has 34 heavy (non-hydrogen) atoms. The zero-order chi connectivity index (χ0) is 24.0. The Labute approximate surface area is 195 Å². The number of piperidine rings is 1. The Morgan fingerprint density at radius 1 is 1.26 bits per heavy atom. The average molecular weight is 482 g/mol. The summed E-state index contributed by atoms with van der Waals surface area (Å²) in [5, 5.41) is 13.4. The van der Waals surface area contributed by atoms with E-state index in [1.165, 1.54) is 0 Å². The molecule has 3 N–H and O–H groups in total. The molecular formula is C22H30F3N7O2. The number of rotatable bonds is 6. The van der Waals surface area contributed by atoms with Crippen molar-refractivity contribution >= 4 is 23.4 Å². The molecule has 1 amide bonds. The summed E-state index contributed by atoms with van der Waals surface area (Å²) < 4.78 is 45.7. The van der Waals surface area contributed by atoms with Crippen molar-refractivity contribution in [1.29, 1.82) is 0 Å². The first-order chi connectivity index (χ1) is 16.2. The van der Waals surface area contributed by atoms with E-state index in [2.05, 4.69) is 26.0 Å². The van der Waals surface area contributed by atoms with Crippen LogP contribution in [0, 0.1) is 0 Å². The SMILES string of the molecule is CC(C)c1cnn2c(NC3CC4CCC(C3)N4C(=O)OC3CNC3)cc(NCC(F)(F)F)nc12. The van der Waals surface area contributed by atoms with Gasteiger partial charge < -0.3 is 25.6 Å². The standard InChI is InChI=1S/C22H30F3N7O2/c1-12(2)17-10-28-32-19(7-18(30-20(17)32)27-11-22(23,24)25)29-13-5-14-3-4-15(6-13)31(14)21(33)34-16-8-26-9-16/h7,10,12-16,26,29H,3-6,8-9,11H2,1-2H3,(H,27,30). The van der Waals surface area contributed by atoms with Crippen LogP contribution in [0.5, 0.6) is 0 Å². The first-order valence-corrected chi connectivity index (χ1v) is 11.8. The van der Waals surface area contributed by atoms with E-state index in [1.54, 1.807) is 16.8 Å². The third-order valence-electron chi connectivity index (χ3n) is 6.90. The fraction of sp³-hybridized carbons (Fsp3) is 0.682. The van der Waals surface area contributed by atoms with E-state index in [4.69, 9.17) is 4.74 Å². The fourth-order valence-electron chi connectivity index (χ4n) is 5.12. The molecule has 5 rings (SSSR count). The second-order valence-corrected chi connectivity index (χ2v) is 9.75. The lowest BCUT2D eigenvalue weighted by molar-refractivity contribution is -0.115. The molecule has 3 aliphatic rings. The molecule has 3 fully saturated rings. The molecule has 0 spiro atoms.